The van der Waals surface area contributed by atoms with Crippen LogP contribution in [-0.2, 0) is 14.8 Å². The van der Waals surface area contributed by atoms with Gasteiger partial charge in [0.1, 0.15) is 0 Å². The second kappa shape index (κ2) is 5.73. The van der Waals surface area contributed by atoms with E-state index in [1.165, 1.54) is 18.2 Å². The number of aromatic carboxylic acids is 1. The van der Waals surface area contributed by atoms with Crippen molar-refractivity contribution in [2.24, 2.45) is 0 Å². The van der Waals surface area contributed by atoms with Gasteiger partial charge < -0.3 is 9.84 Å². The van der Waals surface area contributed by atoms with E-state index < -0.39 is 16.0 Å². The Morgan fingerprint density at radius 1 is 1.47 bits per heavy atom. The Kier molecular flexibility index (Phi) is 4.43. The Morgan fingerprint density at radius 3 is 2.79 bits per heavy atom. The largest absolute Gasteiger partial charge is 0.478 e. The molecule has 0 amide bonds. The monoisotopic (exact) mass is 397 g/mol. The van der Waals surface area contributed by atoms with Gasteiger partial charge in [-0.2, -0.15) is 0 Å². The van der Waals surface area contributed by atoms with Crippen LogP contribution in [0.2, 0.25) is 0 Å². The first-order valence-electron chi connectivity index (χ1n) is 5.53. The molecule has 1 aromatic rings. The van der Waals surface area contributed by atoms with Crippen molar-refractivity contribution >= 4 is 38.6 Å². The van der Waals surface area contributed by atoms with Crippen LogP contribution >= 0.6 is 22.6 Å². The molecule has 19 heavy (non-hydrogen) atoms. The molecule has 1 aliphatic rings. The Morgan fingerprint density at radius 2 is 2.21 bits per heavy atom. The van der Waals surface area contributed by atoms with E-state index in [0.29, 0.717) is 23.2 Å². The van der Waals surface area contributed by atoms with Crippen molar-refractivity contribution in [2.45, 2.75) is 17.4 Å². The van der Waals surface area contributed by atoms with Gasteiger partial charge in [0, 0.05) is 16.2 Å². The minimum absolute atomic E-state index is 0.0221. The maximum absolute atomic E-state index is 12.1. The molecule has 8 heteroatoms. The van der Waals surface area contributed by atoms with Crippen molar-refractivity contribution in [1.82, 2.24) is 4.72 Å². The van der Waals surface area contributed by atoms with Crippen molar-refractivity contribution in [3.63, 3.8) is 0 Å². The van der Waals surface area contributed by atoms with Crippen LogP contribution in [0.15, 0.2) is 23.1 Å². The minimum Gasteiger partial charge on any atom is -0.478 e. The standard InChI is InChI=1S/C11H12INO5S/c12-10-2-1-8(5-9(10)11(14)15)19(16,17)13-7-3-4-18-6-7/h1-2,5,7,13H,3-4,6H2,(H,14,15). The summed E-state index contributed by atoms with van der Waals surface area (Å²) < 4.78 is 32.3. The van der Waals surface area contributed by atoms with Crippen LogP contribution in [0.4, 0.5) is 0 Å². The number of ether oxygens (including phenoxy) is 1. The van der Waals surface area contributed by atoms with E-state index in [-0.39, 0.29) is 16.5 Å². The van der Waals surface area contributed by atoms with Crippen molar-refractivity contribution in [1.29, 1.82) is 0 Å². The van der Waals surface area contributed by atoms with Gasteiger partial charge in [-0.1, -0.05) is 0 Å². The summed E-state index contributed by atoms with van der Waals surface area (Å²) in [6.45, 7) is 0.871. The van der Waals surface area contributed by atoms with E-state index in [1.807, 2.05) is 22.6 Å². The molecule has 0 aliphatic carbocycles. The lowest BCUT2D eigenvalue weighted by Gasteiger charge is -2.12. The smallest absolute Gasteiger partial charge is 0.336 e. The molecule has 1 fully saturated rings. The molecule has 1 atom stereocenters. The number of halogens is 1. The van der Waals surface area contributed by atoms with Crippen LogP contribution < -0.4 is 4.72 Å². The van der Waals surface area contributed by atoms with Crippen LogP contribution in [0, 0.1) is 3.57 Å². The quantitative estimate of drug-likeness (QED) is 0.742. The first-order chi connectivity index (χ1) is 8.90. The van der Waals surface area contributed by atoms with Crippen LogP contribution in [0.3, 0.4) is 0 Å². The molecule has 0 radical (unpaired) electrons. The maximum atomic E-state index is 12.1. The number of hydrogen-bond acceptors (Lipinski definition) is 4. The fourth-order valence-corrected chi connectivity index (χ4v) is 3.60. The molecule has 0 aromatic heterocycles. The molecule has 2 rings (SSSR count). The SMILES string of the molecule is O=C(O)c1cc(S(=O)(=O)NC2CCOC2)ccc1I. The second-order valence-corrected chi connectivity index (χ2v) is 7.00. The Labute approximate surface area is 124 Å². The Balaban J connectivity index is 2.29. The van der Waals surface area contributed by atoms with E-state index in [0.717, 1.165) is 0 Å². The minimum atomic E-state index is -3.71. The van der Waals surface area contributed by atoms with Gasteiger partial charge in [-0.05, 0) is 47.2 Å². The molecule has 0 spiro atoms. The van der Waals surface area contributed by atoms with Crippen molar-refractivity contribution in [3.05, 3.63) is 27.3 Å². The number of carboxylic acid groups (broad SMARTS) is 1. The predicted molar refractivity (Wildman–Crippen MR) is 75.7 cm³/mol. The lowest BCUT2D eigenvalue weighted by molar-refractivity contribution is 0.0695. The van der Waals surface area contributed by atoms with Crippen LogP contribution in [0.1, 0.15) is 16.8 Å². The summed E-state index contributed by atoms with van der Waals surface area (Å²) >= 11 is 1.85. The average molecular weight is 397 g/mol. The number of nitrogens with one attached hydrogen (secondary N) is 1. The van der Waals surface area contributed by atoms with Gasteiger partial charge in [0.25, 0.3) is 0 Å². The summed E-state index contributed by atoms with van der Waals surface area (Å²) in [6, 6.07) is 3.79. The van der Waals surface area contributed by atoms with Gasteiger partial charge in [-0.15, -0.1) is 0 Å². The number of benzene rings is 1. The molecular weight excluding hydrogens is 385 g/mol. The topological polar surface area (TPSA) is 92.7 Å². The van der Waals surface area contributed by atoms with Gasteiger partial charge in [0.15, 0.2) is 0 Å². The normalized spacial score (nSPS) is 19.5. The summed E-state index contributed by atoms with van der Waals surface area (Å²) in [4.78, 5) is 11.0. The average Bonchev–Trinajstić information content (AvgIpc) is 2.80. The van der Waals surface area contributed by atoms with Gasteiger partial charge in [-0.25, -0.2) is 17.9 Å². The highest BCUT2D eigenvalue weighted by Gasteiger charge is 2.24. The molecule has 0 saturated carbocycles. The molecule has 0 bridgehead atoms. The Bertz CT molecular complexity index is 595. The van der Waals surface area contributed by atoms with E-state index in [4.69, 9.17) is 9.84 Å². The number of carboxylic acids is 1. The molecular formula is C11H12INO5S. The van der Waals surface area contributed by atoms with Crippen LogP contribution in [0.5, 0.6) is 0 Å². The summed E-state index contributed by atoms with van der Waals surface area (Å²) in [5.41, 5.74) is -0.0221. The summed E-state index contributed by atoms with van der Waals surface area (Å²) in [6.07, 6.45) is 0.620. The first-order valence-corrected chi connectivity index (χ1v) is 8.09. The van der Waals surface area contributed by atoms with E-state index in [2.05, 4.69) is 4.72 Å². The molecule has 1 saturated heterocycles. The van der Waals surface area contributed by atoms with Crippen molar-refractivity contribution in [3.8, 4) is 0 Å². The number of rotatable bonds is 4. The second-order valence-electron chi connectivity index (χ2n) is 4.13. The maximum Gasteiger partial charge on any atom is 0.336 e. The highest BCUT2D eigenvalue weighted by atomic mass is 127. The third-order valence-electron chi connectivity index (χ3n) is 2.73. The molecule has 104 valence electrons. The first kappa shape index (κ1) is 14.7. The summed E-state index contributed by atoms with van der Waals surface area (Å²) in [5, 5.41) is 9.00. The fourth-order valence-electron chi connectivity index (χ4n) is 1.75. The van der Waals surface area contributed by atoms with Gasteiger partial charge >= 0.3 is 5.97 Å². The zero-order chi connectivity index (χ0) is 14.0. The Hall–Kier alpha value is -0.710. The third kappa shape index (κ3) is 3.44. The lowest BCUT2D eigenvalue weighted by Crippen LogP contribution is -2.35. The van der Waals surface area contributed by atoms with E-state index in [9.17, 15) is 13.2 Å². The number of carbonyl (C=O) groups is 1. The molecule has 2 N–H and O–H groups in total. The molecule has 1 heterocycles. The van der Waals surface area contributed by atoms with Crippen LogP contribution in [-0.4, -0.2) is 38.7 Å². The molecule has 1 aromatic carbocycles. The molecule has 1 aliphatic heterocycles. The summed E-state index contributed by atoms with van der Waals surface area (Å²) in [5.74, 6) is -1.15. The number of sulfonamides is 1. The van der Waals surface area contributed by atoms with Gasteiger partial charge in [0.2, 0.25) is 10.0 Å². The third-order valence-corrected chi connectivity index (χ3v) is 5.19. The van der Waals surface area contributed by atoms with Gasteiger partial charge in [0.05, 0.1) is 17.1 Å². The van der Waals surface area contributed by atoms with Crippen molar-refractivity contribution in [2.75, 3.05) is 13.2 Å². The zero-order valence-corrected chi connectivity index (χ0v) is 12.8. The molecule has 6 nitrogen and oxygen atoms in total. The number of hydrogen-bond donors (Lipinski definition) is 2. The van der Waals surface area contributed by atoms with E-state index in [1.54, 1.807) is 0 Å². The fraction of sp³-hybridized carbons (Fsp3) is 0.364. The highest BCUT2D eigenvalue weighted by molar-refractivity contribution is 14.1. The molecule has 1 unspecified atom stereocenters. The predicted octanol–water partition coefficient (Wildman–Crippen LogP) is 1.06. The van der Waals surface area contributed by atoms with E-state index >= 15 is 0 Å². The van der Waals surface area contributed by atoms with Gasteiger partial charge in [-0.3, -0.25) is 0 Å². The van der Waals surface area contributed by atoms with Crippen molar-refractivity contribution < 1.29 is 23.1 Å². The van der Waals surface area contributed by atoms with Crippen LogP contribution in [0.25, 0.3) is 0 Å². The lowest BCUT2D eigenvalue weighted by atomic mass is 10.2. The zero-order valence-electron chi connectivity index (χ0n) is 9.80. The highest BCUT2D eigenvalue weighted by Crippen LogP contribution is 2.19. The summed E-state index contributed by atoms with van der Waals surface area (Å²) in [7, 11) is -3.71.